The van der Waals surface area contributed by atoms with Crippen molar-refractivity contribution in [1.82, 2.24) is 19.4 Å². The number of aromatic nitrogens is 3. The van der Waals surface area contributed by atoms with E-state index in [1.54, 1.807) is 6.08 Å². The number of nitrogens with one attached hydrogen (secondary N) is 1. The Hall–Kier alpha value is -4.97. The molecule has 0 spiro atoms. The molecule has 12 nitrogen and oxygen atoms in total. The summed E-state index contributed by atoms with van der Waals surface area (Å²) in [5.41, 5.74) is 1.14. The lowest BCUT2D eigenvalue weighted by atomic mass is 10.2. The van der Waals surface area contributed by atoms with Gasteiger partial charge < -0.3 is 25.0 Å². The molecule has 1 aliphatic heterocycles. The van der Waals surface area contributed by atoms with Gasteiger partial charge in [0.15, 0.2) is 11.5 Å². The van der Waals surface area contributed by atoms with Crippen molar-refractivity contribution in [3.05, 3.63) is 87.9 Å². The van der Waals surface area contributed by atoms with Crippen LogP contribution >= 0.6 is 0 Å². The first kappa shape index (κ1) is 28.0. The number of hydrogen-bond donors (Lipinski definition) is 2. The topological polar surface area (TPSA) is 139 Å². The Balaban J connectivity index is 0.00000118. The highest BCUT2D eigenvalue weighted by Gasteiger charge is 2.23. The molecule has 0 atom stereocenters. The molecule has 0 radical (unpaired) electrons. The van der Waals surface area contributed by atoms with Crippen LogP contribution in [-0.4, -0.2) is 62.7 Å². The van der Waals surface area contributed by atoms with E-state index < -0.39 is 21.9 Å². The third-order valence-corrected chi connectivity index (χ3v) is 6.29. The zero-order valence-electron chi connectivity index (χ0n) is 22.6. The predicted molar refractivity (Wildman–Crippen MR) is 155 cm³/mol. The molecule has 2 aromatic carbocycles. The van der Waals surface area contributed by atoms with Crippen LogP contribution in [0.5, 0.6) is 17.2 Å². The van der Waals surface area contributed by atoms with Crippen LogP contribution in [0.25, 0.3) is 11.0 Å². The van der Waals surface area contributed by atoms with Crippen molar-refractivity contribution in [2.24, 2.45) is 7.05 Å². The number of allylic oxidation sites excluding steroid dienone is 1. The molecule has 12 heteroatoms. The lowest BCUT2D eigenvalue weighted by Gasteiger charge is -2.34. The number of aromatic hydroxyl groups is 1. The first-order valence-corrected chi connectivity index (χ1v) is 12.6. The molecule has 2 N–H and O–H groups in total. The van der Waals surface area contributed by atoms with Crippen LogP contribution in [0.3, 0.4) is 0 Å². The SMILES string of the molecule is C=CC.CN1CCN(c2ccc(Nc3ncc4cc(Oc5cccc(O)c5[N+](=O)[O-])c(=O)n(C)c4n3)cc2)CC1. The number of ether oxygens (including phenoxy) is 1. The van der Waals surface area contributed by atoms with Gasteiger partial charge in [0, 0.05) is 56.2 Å². The molecule has 40 heavy (non-hydrogen) atoms. The number of para-hydroxylation sites is 1. The number of nitro benzene ring substituents is 1. The monoisotopic (exact) mass is 545 g/mol. The molecule has 2 aromatic heterocycles. The first-order valence-electron chi connectivity index (χ1n) is 12.6. The minimum atomic E-state index is -0.769. The van der Waals surface area contributed by atoms with E-state index in [1.807, 2.05) is 19.1 Å². The Morgan fingerprint density at radius 1 is 1.10 bits per heavy atom. The Morgan fingerprint density at radius 3 is 2.42 bits per heavy atom. The predicted octanol–water partition coefficient (Wildman–Crippen LogP) is 4.42. The van der Waals surface area contributed by atoms with Crippen molar-refractivity contribution in [1.29, 1.82) is 0 Å². The largest absolute Gasteiger partial charge is 0.502 e. The van der Waals surface area contributed by atoms with Crippen LogP contribution in [0.15, 0.2) is 72.2 Å². The van der Waals surface area contributed by atoms with Crippen molar-refractivity contribution in [3.8, 4) is 17.2 Å². The number of pyridine rings is 1. The number of anilines is 3. The Bertz CT molecular complexity index is 1580. The molecule has 3 heterocycles. The highest BCUT2D eigenvalue weighted by atomic mass is 16.6. The zero-order valence-corrected chi connectivity index (χ0v) is 22.6. The fourth-order valence-corrected chi connectivity index (χ4v) is 4.19. The van der Waals surface area contributed by atoms with Crippen LogP contribution in [0.1, 0.15) is 6.92 Å². The van der Waals surface area contributed by atoms with Crippen LogP contribution in [0, 0.1) is 10.1 Å². The van der Waals surface area contributed by atoms with Gasteiger partial charge in [0.25, 0.3) is 5.56 Å². The van der Waals surface area contributed by atoms with Gasteiger partial charge in [-0.15, -0.1) is 6.58 Å². The zero-order chi connectivity index (χ0) is 28.8. The van der Waals surface area contributed by atoms with E-state index in [-0.39, 0.29) is 11.5 Å². The number of fused-ring (bicyclic) bond motifs is 1. The second-order valence-corrected chi connectivity index (χ2v) is 9.20. The van der Waals surface area contributed by atoms with E-state index in [0.29, 0.717) is 17.0 Å². The highest BCUT2D eigenvalue weighted by Crippen LogP contribution is 2.37. The van der Waals surface area contributed by atoms with Gasteiger partial charge in [0.05, 0.1) is 4.92 Å². The lowest BCUT2D eigenvalue weighted by molar-refractivity contribution is -0.386. The molecule has 5 rings (SSSR count). The number of likely N-dealkylation sites (N-methyl/N-ethyl adjacent to an activating group) is 1. The smallest absolute Gasteiger partial charge is 0.352 e. The summed E-state index contributed by atoms with van der Waals surface area (Å²) in [7, 11) is 3.65. The third kappa shape index (κ3) is 6.18. The second kappa shape index (κ2) is 12.3. The summed E-state index contributed by atoms with van der Waals surface area (Å²) in [6, 6.07) is 13.3. The summed E-state index contributed by atoms with van der Waals surface area (Å²) < 4.78 is 6.83. The van der Waals surface area contributed by atoms with Gasteiger partial charge in [0.2, 0.25) is 11.7 Å². The fraction of sp³-hybridized carbons (Fsp3) is 0.250. The average molecular weight is 546 g/mol. The summed E-state index contributed by atoms with van der Waals surface area (Å²) in [6.45, 7) is 9.27. The molecule has 0 unspecified atom stereocenters. The molecule has 0 aliphatic carbocycles. The number of phenolic OH excluding ortho intramolecular Hbond substituents is 1. The summed E-state index contributed by atoms with van der Waals surface area (Å²) >= 11 is 0. The molecule has 0 saturated carbocycles. The maximum Gasteiger partial charge on any atom is 0.352 e. The van der Waals surface area contributed by atoms with Crippen molar-refractivity contribution in [3.63, 3.8) is 0 Å². The highest BCUT2D eigenvalue weighted by molar-refractivity contribution is 5.77. The molecule has 1 saturated heterocycles. The first-order chi connectivity index (χ1) is 19.2. The van der Waals surface area contributed by atoms with E-state index in [9.17, 15) is 20.0 Å². The number of aryl methyl sites for hydroxylation is 1. The molecule has 1 aliphatic rings. The van der Waals surface area contributed by atoms with E-state index in [0.717, 1.165) is 37.6 Å². The van der Waals surface area contributed by atoms with Crippen molar-refractivity contribution in [2.75, 3.05) is 43.4 Å². The quantitative estimate of drug-likeness (QED) is 0.203. The normalized spacial score (nSPS) is 13.3. The van der Waals surface area contributed by atoms with Gasteiger partial charge in [-0.05, 0) is 56.4 Å². The summed E-state index contributed by atoms with van der Waals surface area (Å²) in [4.78, 5) is 37.0. The fourth-order valence-electron chi connectivity index (χ4n) is 4.19. The number of nitrogens with zero attached hydrogens (tertiary/aromatic N) is 6. The van der Waals surface area contributed by atoms with Crippen LogP contribution < -0.4 is 20.5 Å². The number of nitro groups is 1. The Labute approximate surface area is 230 Å². The lowest BCUT2D eigenvalue weighted by Crippen LogP contribution is -2.44. The van der Waals surface area contributed by atoms with Gasteiger partial charge in [-0.25, -0.2) is 4.98 Å². The molecule has 0 bridgehead atoms. The average Bonchev–Trinajstić information content (AvgIpc) is 2.93. The number of hydrogen-bond acceptors (Lipinski definition) is 10. The minimum Gasteiger partial charge on any atom is -0.502 e. The van der Waals surface area contributed by atoms with E-state index in [1.165, 1.54) is 42.1 Å². The second-order valence-electron chi connectivity index (χ2n) is 9.20. The third-order valence-electron chi connectivity index (χ3n) is 6.29. The summed E-state index contributed by atoms with van der Waals surface area (Å²) in [5.74, 6) is -0.656. The molecule has 4 aromatic rings. The maximum atomic E-state index is 12.9. The van der Waals surface area contributed by atoms with Crippen molar-refractivity contribution >= 4 is 34.0 Å². The molecular formula is C28H31N7O5. The summed E-state index contributed by atoms with van der Waals surface area (Å²) in [6.07, 6.45) is 3.28. The van der Waals surface area contributed by atoms with Gasteiger partial charge in [-0.1, -0.05) is 12.1 Å². The van der Waals surface area contributed by atoms with Crippen LogP contribution in [-0.2, 0) is 7.05 Å². The number of benzene rings is 2. The van der Waals surface area contributed by atoms with Gasteiger partial charge in [0.1, 0.15) is 5.65 Å². The van der Waals surface area contributed by atoms with Gasteiger partial charge in [-0.3, -0.25) is 19.5 Å². The van der Waals surface area contributed by atoms with Crippen molar-refractivity contribution < 1.29 is 14.8 Å². The standard InChI is InChI=1S/C25H25N7O5.C3H6/c1-29-10-12-31(13-11-29)18-8-6-17(7-9-18)27-25-26-15-16-14-21(24(34)30(2)23(16)28-25)37-20-5-3-4-19(33)22(20)32(35)36;1-3-2/h3-9,14-15,33H,10-13H2,1-2H3,(H,26,27,28);3H,1H2,2H3. The van der Waals surface area contributed by atoms with Crippen molar-refractivity contribution in [2.45, 2.75) is 6.92 Å². The molecule has 208 valence electrons. The number of phenols is 1. The minimum absolute atomic E-state index is 0.160. The van der Waals surface area contributed by atoms with E-state index in [4.69, 9.17) is 4.74 Å². The van der Waals surface area contributed by atoms with E-state index >= 15 is 0 Å². The van der Waals surface area contributed by atoms with Gasteiger partial charge >= 0.3 is 5.69 Å². The molecule has 0 amide bonds. The summed E-state index contributed by atoms with van der Waals surface area (Å²) in [5, 5.41) is 24.8. The van der Waals surface area contributed by atoms with Gasteiger partial charge in [-0.2, -0.15) is 4.98 Å². The maximum absolute atomic E-state index is 12.9. The van der Waals surface area contributed by atoms with Crippen LogP contribution in [0.2, 0.25) is 0 Å². The Kier molecular flexibility index (Phi) is 8.60. The van der Waals surface area contributed by atoms with E-state index in [2.05, 4.69) is 50.8 Å². The Morgan fingerprint density at radius 2 is 1.77 bits per heavy atom. The van der Waals surface area contributed by atoms with Crippen LogP contribution in [0.4, 0.5) is 23.0 Å². The molecule has 1 fully saturated rings. The number of piperazine rings is 1. The molecular weight excluding hydrogens is 514 g/mol. The number of rotatable bonds is 6.